The molecule has 0 aliphatic heterocycles. The molecule has 0 N–H and O–H groups in total. The average molecular weight is 70.2 g/mol. The molecule has 0 aromatic carbocycles. The summed E-state index contributed by atoms with van der Waals surface area (Å²) in [5.74, 6) is 0. The minimum Gasteiger partial charge on any atom is -1.00 e. The Balaban J connectivity index is -0.0000000200. The van der Waals surface area contributed by atoms with Crippen LogP contribution in [-0.4, -0.2) is 8.05 Å². The summed E-state index contributed by atoms with van der Waals surface area (Å²) < 4.78 is 3.22. The van der Waals surface area contributed by atoms with Gasteiger partial charge in [0.15, 0.2) is 0 Å². The molecule has 0 amide bonds. The van der Waals surface area contributed by atoms with Gasteiger partial charge in [-0.05, 0) is 0 Å². The summed E-state index contributed by atoms with van der Waals surface area (Å²) >= 11 is 4.28. The third-order valence-electron chi connectivity index (χ3n) is 0. The van der Waals surface area contributed by atoms with Crippen LogP contribution in [0.3, 0.4) is 0 Å². The van der Waals surface area contributed by atoms with Crippen molar-refractivity contribution in [3.63, 3.8) is 0 Å². The number of hydrogen-bond acceptors (Lipinski definition) is 1. The molecule has 0 aromatic rings. The van der Waals surface area contributed by atoms with Crippen molar-refractivity contribution < 1.29 is 24.5 Å². The van der Waals surface area contributed by atoms with Gasteiger partial charge in [-0.25, -0.2) is 0 Å². The van der Waals surface area contributed by atoms with Gasteiger partial charge in [0, 0.05) is 11.9 Å². The summed E-state index contributed by atoms with van der Waals surface area (Å²) in [6, 6.07) is 0. The second kappa shape index (κ2) is 9.07. The molecule has 2 radical (unpaired) electrons. The van der Waals surface area contributed by atoms with Gasteiger partial charge >= 0.3 is 26.9 Å². The first-order valence-corrected chi connectivity index (χ1v) is 0.699. The first kappa shape index (κ1) is 8.86. The van der Waals surface area contributed by atoms with Crippen LogP contribution in [0.25, 0.3) is 0 Å². The second-order valence-corrected chi connectivity index (χ2v) is 0.267. The Morgan fingerprint density at radius 2 is 2.00 bits per heavy atom. The van der Waals surface area contributed by atoms with Crippen molar-refractivity contribution in [2.45, 2.75) is 0 Å². The molecular weight excluding hydrogens is 69.2 g/mol. The largest absolute Gasteiger partial charge is 1.00 e. The summed E-state index contributed by atoms with van der Waals surface area (Å²) in [6.45, 7) is 0. The zero-order chi connectivity index (χ0) is 2.71. The fourth-order valence-electron chi connectivity index (χ4n) is 0. The van der Waals surface area contributed by atoms with Gasteiger partial charge < -0.3 is 5.63 Å². The summed E-state index contributed by atoms with van der Waals surface area (Å²) in [5.41, 5.74) is 0. The van der Waals surface area contributed by atoms with E-state index in [2.05, 4.69) is 24.1 Å². The fourth-order valence-corrected chi connectivity index (χ4v) is 0. The van der Waals surface area contributed by atoms with Crippen molar-refractivity contribution in [2.24, 2.45) is 0 Å². The Hall–Kier alpha value is 0.912. The molecule has 0 spiro atoms. The van der Waals surface area contributed by atoms with Crippen LogP contribution >= 0.6 is 11.9 Å². The predicted octanol–water partition coefficient (Wildman–Crippen LogP) is -2.64. The molecule has 18 valence electrons. The van der Waals surface area contributed by atoms with Crippen LogP contribution in [0.15, 0.2) is 0 Å². The third kappa shape index (κ3) is 12.8. The number of halogens is 1. The van der Waals surface area contributed by atoms with Crippen molar-refractivity contribution in [1.82, 2.24) is 0 Å². The van der Waals surface area contributed by atoms with Gasteiger partial charge in [-0.15, -0.1) is 0 Å². The van der Waals surface area contributed by atoms with Crippen molar-refractivity contribution >= 4 is 19.9 Å². The molecule has 0 rings (SSSR count). The van der Waals surface area contributed by atoms with E-state index in [-0.39, 0.29) is 20.3 Å². The van der Waals surface area contributed by atoms with Crippen LogP contribution in [-0.2, 0) is 4.21 Å². The Labute approximate surface area is 44.9 Å². The molecule has 0 unspecified atom stereocenters. The van der Waals surface area contributed by atoms with Gasteiger partial charge in [0.1, 0.15) is 0 Å². The minimum atomic E-state index is 0. The van der Waals surface area contributed by atoms with Crippen LogP contribution < -0.4 is 18.9 Å². The molecule has 0 saturated heterocycles. The Bertz CT molecular complexity index is 11.6. The van der Waals surface area contributed by atoms with E-state index in [9.17, 15) is 0 Å². The second-order valence-electron chi connectivity index (χ2n) is 0.0891. The number of rotatable bonds is 0. The maximum atomic E-state index is 4.28. The van der Waals surface area contributed by atoms with Crippen molar-refractivity contribution in [1.29, 1.82) is 0 Å². The van der Waals surface area contributed by atoms with E-state index in [1.165, 1.54) is 0 Å². The van der Waals surface area contributed by atoms with E-state index < -0.39 is 0 Å². The van der Waals surface area contributed by atoms with Gasteiger partial charge in [-0.3, -0.25) is 0 Å². The van der Waals surface area contributed by atoms with Gasteiger partial charge in [0.2, 0.25) is 0 Å². The molecule has 0 fully saturated rings. The smallest absolute Gasteiger partial charge is 1.00 e. The van der Waals surface area contributed by atoms with Gasteiger partial charge in [0.05, 0.1) is 0 Å². The molecular formula is HBClLiO. The van der Waals surface area contributed by atoms with E-state index in [0.717, 1.165) is 0 Å². The van der Waals surface area contributed by atoms with Gasteiger partial charge in [0.25, 0.3) is 0 Å². The molecule has 0 heterocycles. The Morgan fingerprint density at radius 1 is 2.00 bits per heavy atom. The minimum absolute atomic E-state index is 0. The van der Waals surface area contributed by atoms with E-state index >= 15 is 0 Å². The zero-order valence-corrected chi connectivity index (χ0v) is 3.12. The van der Waals surface area contributed by atoms with Crippen LogP contribution in [0.2, 0.25) is 0 Å². The van der Waals surface area contributed by atoms with Crippen LogP contribution in [0.5, 0.6) is 0 Å². The monoisotopic (exact) mass is 70.0 g/mol. The molecule has 4 heavy (non-hydrogen) atoms. The van der Waals surface area contributed by atoms with Crippen molar-refractivity contribution in [3.05, 3.63) is 0 Å². The average Bonchev–Trinajstić information content (AvgIpc) is 0.918. The van der Waals surface area contributed by atoms with Gasteiger partial charge in [-0.2, -0.15) is 0 Å². The quantitative estimate of drug-likeness (QED) is 0.283. The van der Waals surface area contributed by atoms with E-state index in [1.54, 1.807) is 0 Å². The molecule has 0 aromatic heterocycles. The predicted molar refractivity (Wildman–Crippen MR) is 13.8 cm³/mol. The molecule has 4 heteroatoms. The molecule has 0 atom stereocenters. The van der Waals surface area contributed by atoms with E-state index in [4.69, 9.17) is 0 Å². The maximum Gasteiger partial charge on any atom is 1.00 e. The summed E-state index contributed by atoms with van der Waals surface area (Å²) in [5, 5.41) is 0. The Kier molecular flexibility index (Phi) is 20.1. The SMILES string of the molecule is [B]OCl.[H-].[Li+]. The van der Waals surface area contributed by atoms with Crippen molar-refractivity contribution in [2.75, 3.05) is 0 Å². The first-order chi connectivity index (χ1) is 1.41. The molecule has 0 aliphatic rings. The van der Waals surface area contributed by atoms with E-state index in [1.807, 2.05) is 0 Å². The topological polar surface area (TPSA) is 9.23 Å². The molecule has 0 aliphatic carbocycles. The molecule has 0 bridgehead atoms. The normalized spacial score (nSPS) is 4.25. The van der Waals surface area contributed by atoms with Crippen LogP contribution in [0, 0.1) is 0 Å². The van der Waals surface area contributed by atoms with Crippen LogP contribution in [0.1, 0.15) is 1.43 Å². The first-order valence-electron chi connectivity index (χ1n) is 0.390. The summed E-state index contributed by atoms with van der Waals surface area (Å²) in [4.78, 5) is 0. The van der Waals surface area contributed by atoms with Gasteiger partial charge in [-0.1, -0.05) is 0 Å². The fraction of sp³-hybridized carbons (Fsp3) is 0. The molecule has 0 saturated carbocycles. The molecule has 1 nitrogen and oxygen atoms in total. The zero-order valence-electron chi connectivity index (χ0n) is 3.36. The van der Waals surface area contributed by atoms with Crippen molar-refractivity contribution in [3.8, 4) is 0 Å². The Morgan fingerprint density at radius 3 is 2.00 bits per heavy atom. The van der Waals surface area contributed by atoms with E-state index in [0.29, 0.717) is 0 Å². The number of hydrogen-bond donors (Lipinski definition) is 0. The maximum absolute atomic E-state index is 4.28. The third-order valence-corrected chi connectivity index (χ3v) is 0. The summed E-state index contributed by atoms with van der Waals surface area (Å²) in [6.07, 6.45) is 0. The standard InChI is InChI=1S/BClO.Li.H/c1-3-2;;/q;+1;-1. The van der Waals surface area contributed by atoms with Crippen LogP contribution in [0.4, 0.5) is 0 Å². The summed E-state index contributed by atoms with van der Waals surface area (Å²) in [7, 11) is 4.11.